The number of nitrogens with one attached hydrogen (secondary N) is 1. The summed E-state index contributed by atoms with van der Waals surface area (Å²) in [5, 5.41) is 3.78. The van der Waals surface area contributed by atoms with E-state index in [1.54, 1.807) is 0 Å². The smallest absolute Gasteiger partial charge is 0.00671 e. The second-order valence-corrected chi connectivity index (χ2v) is 6.02. The molecule has 0 heterocycles. The maximum atomic E-state index is 3.78. The molecule has 1 aromatic carbocycles. The van der Waals surface area contributed by atoms with E-state index in [0.29, 0.717) is 0 Å². The average Bonchev–Trinajstić information content (AvgIpc) is 2.70. The Balaban J connectivity index is 1.60. The van der Waals surface area contributed by atoms with Crippen molar-refractivity contribution in [3.63, 3.8) is 0 Å². The van der Waals surface area contributed by atoms with Gasteiger partial charge in [-0.25, -0.2) is 0 Å². The molecule has 1 aliphatic carbocycles. The van der Waals surface area contributed by atoms with E-state index in [0.717, 1.165) is 12.0 Å². The zero-order valence-corrected chi connectivity index (χ0v) is 12.4. The lowest BCUT2D eigenvalue weighted by Gasteiger charge is -2.16. The molecule has 0 radical (unpaired) electrons. The number of benzene rings is 1. The lowest BCUT2D eigenvalue weighted by molar-refractivity contribution is 0.424. The molecular formula is C18H29N. The molecule has 0 bridgehead atoms. The van der Waals surface area contributed by atoms with Crippen LogP contribution in [-0.4, -0.2) is 12.6 Å². The summed E-state index contributed by atoms with van der Waals surface area (Å²) in [7, 11) is 0. The van der Waals surface area contributed by atoms with Crippen molar-refractivity contribution in [3.05, 3.63) is 35.9 Å². The molecule has 1 saturated carbocycles. The maximum absolute atomic E-state index is 3.78. The number of rotatable bonds is 6. The standard InChI is InChI=1S/C18H29N/c1-2-16-10-6-12-18(14-13-16)19-15-7-11-17-8-4-3-5-9-17/h3-5,8-9,16,18-19H,2,6-7,10-15H2,1H3. The minimum absolute atomic E-state index is 0.785. The van der Waals surface area contributed by atoms with Gasteiger partial charge in [-0.2, -0.15) is 0 Å². The van der Waals surface area contributed by atoms with E-state index in [9.17, 15) is 0 Å². The third-order valence-corrected chi connectivity index (χ3v) is 4.58. The van der Waals surface area contributed by atoms with Crippen molar-refractivity contribution in [2.24, 2.45) is 5.92 Å². The van der Waals surface area contributed by atoms with Crippen LogP contribution in [0.1, 0.15) is 57.4 Å². The van der Waals surface area contributed by atoms with Gasteiger partial charge < -0.3 is 5.32 Å². The van der Waals surface area contributed by atoms with E-state index in [4.69, 9.17) is 0 Å². The second-order valence-electron chi connectivity index (χ2n) is 6.02. The first kappa shape index (κ1) is 14.6. The fourth-order valence-corrected chi connectivity index (χ4v) is 3.23. The number of aryl methyl sites for hydroxylation is 1. The van der Waals surface area contributed by atoms with Gasteiger partial charge in [0.05, 0.1) is 0 Å². The van der Waals surface area contributed by atoms with E-state index in [1.165, 1.54) is 63.5 Å². The first-order valence-electron chi connectivity index (χ1n) is 8.15. The van der Waals surface area contributed by atoms with Gasteiger partial charge in [0.15, 0.2) is 0 Å². The molecule has 1 heteroatoms. The van der Waals surface area contributed by atoms with E-state index in [-0.39, 0.29) is 0 Å². The lowest BCUT2D eigenvalue weighted by atomic mass is 9.98. The lowest BCUT2D eigenvalue weighted by Crippen LogP contribution is -2.29. The Morgan fingerprint density at radius 3 is 2.68 bits per heavy atom. The van der Waals surface area contributed by atoms with Crippen molar-refractivity contribution in [2.45, 2.75) is 64.3 Å². The van der Waals surface area contributed by atoms with Crippen LogP contribution in [0.3, 0.4) is 0 Å². The normalized spacial score (nSPS) is 24.1. The first-order chi connectivity index (χ1) is 9.38. The van der Waals surface area contributed by atoms with Crippen LogP contribution in [0.2, 0.25) is 0 Å². The van der Waals surface area contributed by atoms with Crippen LogP contribution in [0.4, 0.5) is 0 Å². The van der Waals surface area contributed by atoms with Gasteiger partial charge in [0.2, 0.25) is 0 Å². The number of hydrogen-bond donors (Lipinski definition) is 1. The average molecular weight is 259 g/mol. The molecule has 0 amide bonds. The third-order valence-electron chi connectivity index (χ3n) is 4.58. The summed E-state index contributed by atoms with van der Waals surface area (Å²) in [4.78, 5) is 0. The van der Waals surface area contributed by atoms with Gasteiger partial charge in [0.25, 0.3) is 0 Å². The van der Waals surface area contributed by atoms with Crippen LogP contribution in [-0.2, 0) is 6.42 Å². The summed E-state index contributed by atoms with van der Waals surface area (Å²) in [5.74, 6) is 0.996. The first-order valence-corrected chi connectivity index (χ1v) is 8.15. The highest BCUT2D eigenvalue weighted by molar-refractivity contribution is 5.14. The molecule has 1 fully saturated rings. The Morgan fingerprint density at radius 1 is 1.05 bits per heavy atom. The molecule has 1 aliphatic rings. The van der Waals surface area contributed by atoms with Crippen LogP contribution >= 0.6 is 0 Å². The summed E-state index contributed by atoms with van der Waals surface area (Å²) in [6, 6.07) is 11.6. The highest BCUT2D eigenvalue weighted by Crippen LogP contribution is 2.25. The predicted octanol–water partition coefficient (Wildman–Crippen LogP) is 4.57. The summed E-state index contributed by atoms with van der Waals surface area (Å²) in [6.45, 7) is 3.52. The Bertz CT molecular complexity index is 333. The monoisotopic (exact) mass is 259 g/mol. The fraction of sp³-hybridized carbons (Fsp3) is 0.667. The molecule has 1 nitrogen and oxygen atoms in total. The Morgan fingerprint density at radius 2 is 1.89 bits per heavy atom. The molecule has 1 N–H and O–H groups in total. The van der Waals surface area contributed by atoms with Gasteiger partial charge >= 0.3 is 0 Å². The summed E-state index contributed by atoms with van der Waals surface area (Å²) in [5.41, 5.74) is 1.47. The molecule has 2 atom stereocenters. The molecule has 0 spiro atoms. The molecular weight excluding hydrogens is 230 g/mol. The minimum Gasteiger partial charge on any atom is -0.314 e. The van der Waals surface area contributed by atoms with Gasteiger partial charge in [-0.1, -0.05) is 56.5 Å². The van der Waals surface area contributed by atoms with Crippen molar-refractivity contribution in [3.8, 4) is 0 Å². The molecule has 2 unspecified atom stereocenters. The third kappa shape index (κ3) is 5.36. The minimum atomic E-state index is 0.785. The van der Waals surface area contributed by atoms with Crippen LogP contribution in [0.15, 0.2) is 30.3 Å². The van der Waals surface area contributed by atoms with E-state index >= 15 is 0 Å². The SMILES string of the molecule is CCC1CCCC(NCCCc2ccccc2)CC1. The quantitative estimate of drug-likeness (QED) is 0.583. The van der Waals surface area contributed by atoms with Gasteiger partial charge in [-0.3, -0.25) is 0 Å². The van der Waals surface area contributed by atoms with E-state index < -0.39 is 0 Å². The van der Waals surface area contributed by atoms with Crippen molar-refractivity contribution < 1.29 is 0 Å². The topological polar surface area (TPSA) is 12.0 Å². The molecule has 106 valence electrons. The Labute approximate surface area is 118 Å². The van der Waals surface area contributed by atoms with Gasteiger partial charge in [0.1, 0.15) is 0 Å². The molecule has 19 heavy (non-hydrogen) atoms. The summed E-state index contributed by atoms with van der Waals surface area (Å²) >= 11 is 0. The molecule has 0 saturated heterocycles. The van der Waals surface area contributed by atoms with E-state index in [1.807, 2.05) is 0 Å². The molecule has 1 aromatic rings. The van der Waals surface area contributed by atoms with Gasteiger partial charge in [-0.05, 0) is 50.1 Å². The molecule has 0 aromatic heterocycles. The Hall–Kier alpha value is -0.820. The zero-order valence-electron chi connectivity index (χ0n) is 12.4. The van der Waals surface area contributed by atoms with Gasteiger partial charge in [0, 0.05) is 6.04 Å². The highest BCUT2D eigenvalue weighted by atomic mass is 14.9. The highest BCUT2D eigenvalue weighted by Gasteiger charge is 2.16. The van der Waals surface area contributed by atoms with Crippen LogP contribution in [0, 0.1) is 5.92 Å². The maximum Gasteiger partial charge on any atom is 0.00671 e. The fourth-order valence-electron chi connectivity index (χ4n) is 3.23. The van der Waals surface area contributed by atoms with Gasteiger partial charge in [-0.15, -0.1) is 0 Å². The van der Waals surface area contributed by atoms with Crippen molar-refractivity contribution >= 4 is 0 Å². The van der Waals surface area contributed by atoms with E-state index in [2.05, 4.69) is 42.6 Å². The predicted molar refractivity (Wildman–Crippen MR) is 83.4 cm³/mol. The second kappa shape index (κ2) is 8.37. The van der Waals surface area contributed by atoms with Crippen LogP contribution in [0.5, 0.6) is 0 Å². The Kier molecular flexibility index (Phi) is 6.43. The van der Waals surface area contributed by atoms with Crippen molar-refractivity contribution in [1.29, 1.82) is 0 Å². The summed E-state index contributed by atoms with van der Waals surface area (Å²) < 4.78 is 0. The zero-order chi connectivity index (χ0) is 13.3. The van der Waals surface area contributed by atoms with Crippen molar-refractivity contribution in [2.75, 3.05) is 6.54 Å². The van der Waals surface area contributed by atoms with Crippen LogP contribution in [0.25, 0.3) is 0 Å². The molecule has 0 aliphatic heterocycles. The number of hydrogen-bond acceptors (Lipinski definition) is 1. The largest absolute Gasteiger partial charge is 0.314 e. The summed E-state index contributed by atoms with van der Waals surface area (Å²) in [6.07, 6.45) is 10.9. The van der Waals surface area contributed by atoms with Crippen molar-refractivity contribution in [1.82, 2.24) is 5.32 Å². The molecule has 2 rings (SSSR count). The van der Waals surface area contributed by atoms with Crippen LogP contribution < -0.4 is 5.32 Å².